The first kappa shape index (κ1) is 20.4. The summed E-state index contributed by atoms with van der Waals surface area (Å²) in [6.07, 6.45) is 0. The highest BCUT2D eigenvalue weighted by molar-refractivity contribution is 7.89. The Hall–Kier alpha value is -2.29. The highest BCUT2D eigenvalue weighted by Gasteiger charge is 2.24. The van der Waals surface area contributed by atoms with E-state index < -0.39 is 15.9 Å². The lowest BCUT2D eigenvalue weighted by molar-refractivity contribution is -0.121. The van der Waals surface area contributed by atoms with Crippen LogP contribution in [0.4, 0.5) is 0 Å². The number of sulfonamides is 1. The summed E-state index contributed by atoms with van der Waals surface area (Å²) in [6, 6.07) is 10.9. The van der Waals surface area contributed by atoms with Gasteiger partial charge in [-0.2, -0.15) is 4.31 Å². The number of likely N-dealkylation sites (N-methyl/N-ethyl adjacent to an activating group) is 1. The Morgan fingerprint density at radius 2 is 1.79 bits per heavy atom. The molecule has 1 heterocycles. The summed E-state index contributed by atoms with van der Waals surface area (Å²) in [5.74, 6) is 0.886. The molecule has 0 saturated heterocycles. The Morgan fingerprint density at radius 3 is 2.46 bits per heavy atom. The third-order valence-electron chi connectivity index (χ3n) is 4.33. The lowest BCUT2D eigenvalue weighted by Crippen LogP contribution is -2.39. The van der Waals surface area contributed by atoms with E-state index in [1.165, 1.54) is 31.3 Å². The van der Waals surface area contributed by atoms with Crippen LogP contribution in [0.25, 0.3) is 0 Å². The van der Waals surface area contributed by atoms with Gasteiger partial charge in [0.15, 0.2) is 11.5 Å². The van der Waals surface area contributed by atoms with E-state index in [-0.39, 0.29) is 17.5 Å². The van der Waals surface area contributed by atoms with Crippen molar-refractivity contribution in [1.29, 1.82) is 0 Å². The Balaban J connectivity index is 1.63. The van der Waals surface area contributed by atoms with Crippen molar-refractivity contribution < 1.29 is 22.7 Å². The number of rotatable bonds is 6. The van der Waals surface area contributed by atoms with E-state index in [1.807, 2.05) is 19.1 Å². The molecule has 150 valence electrons. The number of nitrogens with zero attached hydrogens (tertiary/aromatic N) is 1. The maximum Gasteiger partial charge on any atom is 0.243 e. The van der Waals surface area contributed by atoms with Crippen LogP contribution in [0, 0.1) is 0 Å². The summed E-state index contributed by atoms with van der Waals surface area (Å²) in [7, 11) is -2.43. The topological polar surface area (TPSA) is 84.9 Å². The van der Waals surface area contributed by atoms with E-state index in [1.54, 1.807) is 6.07 Å². The van der Waals surface area contributed by atoms with Gasteiger partial charge in [0.25, 0.3) is 0 Å². The molecule has 2 aromatic rings. The number of ether oxygens (including phenoxy) is 2. The summed E-state index contributed by atoms with van der Waals surface area (Å²) in [5, 5.41) is 3.24. The summed E-state index contributed by atoms with van der Waals surface area (Å²) < 4.78 is 37.2. The van der Waals surface area contributed by atoms with Crippen LogP contribution in [-0.2, 0) is 14.8 Å². The fourth-order valence-electron chi connectivity index (χ4n) is 2.77. The van der Waals surface area contributed by atoms with Gasteiger partial charge < -0.3 is 14.8 Å². The van der Waals surface area contributed by atoms with Gasteiger partial charge in [0.1, 0.15) is 13.2 Å². The molecule has 0 radical (unpaired) electrons. The van der Waals surface area contributed by atoms with Crippen molar-refractivity contribution in [2.75, 3.05) is 26.8 Å². The van der Waals surface area contributed by atoms with Crippen LogP contribution in [0.3, 0.4) is 0 Å². The smallest absolute Gasteiger partial charge is 0.243 e. The molecule has 1 atom stereocenters. The molecule has 0 aliphatic carbocycles. The third kappa shape index (κ3) is 4.57. The minimum absolute atomic E-state index is 0.0760. The first-order chi connectivity index (χ1) is 13.3. The first-order valence-electron chi connectivity index (χ1n) is 8.68. The second kappa shape index (κ2) is 8.38. The van der Waals surface area contributed by atoms with E-state index in [9.17, 15) is 13.2 Å². The Kier molecular flexibility index (Phi) is 6.12. The zero-order chi connectivity index (χ0) is 20.3. The number of fused-ring (bicyclic) bond motifs is 1. The van der Waals surface area contributed by atoms with Crippen LogP contribution in [-0.4, -0.2) is 45.4 Å². The van der Waals surface area contributed by atoms with Crippen LogP contribution in [0.5, 0.6) is 11.5 Å². The molecule has 28 heavy (non-hydrogen) atoms. The summed E-state index contributed by atoms with van der Waals surface area (Å²) >= 11 is 5.80. The molecule has 1 amide bonds. The average molecular weight is 425 g/mol. The van der Waals surface area contributed by atoms with E-state index in [4.69, 9.17) is 21.1 Å². The largest absolute Gasteiger partial charge is 0.486 e. The molecule has 0 saturated carbocycles. The van der Waals surface area contributed by atoms with Gasteiger partial charge in [0, 0.05) is 12.1 Å². The summed E-state index contributed by atoms with van der Waals surface area (Å²) in [4.78, 5) is 12.4. The highest BCUT2D eigenvalue weighted by atomic mass is 35.5. The van der Waals surface area contributed by atoms with Gasteiger partial charge in [0.2, 0.25) is 15.9 Å². The number of carbonyl (C=O) groups excluding carboxylic acids is 1. The van der Waals surface area contributed by atoms with Gasteiger partial charge in [-0.05, 0) is 48.9 Å². The molecule has 0 bridgehead atoms. The Morgan fingerprint density at radius 1 is 1.14 bits per heavy atom. The van der Waals surface area contributed by atoms with E-state index in [0.29, 0.717) is 29.7 Å². The minimum atomic E-state index is -3.79. The average Bonchev–Trinajstić information content (AvgIpc) is 2.67. The van der Waals surface area contributed by atoms with Gasteiger partial charge in [-0.3, -0.25) is 4.79 Å². The summed E-state index contributed by atoms with van der Waals surface area (Å²) in [5.41, 5.74) is 0.834. The third-order valence-corrected chi connectivity index (χ3v) is 6.40. The number of halogens is 1. The predicted octanol–water partition coefficient (Wildman–Crippen LogP) is 2.61. The molecule has 7 nitrogen and oxygen atoms in total. The van der Waals surface area contributed by atoms with E-state index in [2.05, 4.69) is 5.32 Å². The normalized spacial score (nSPS) is 14.6. The second-order valence-corrected chi connectivity index (χ2v) is 8.89. The van der Waals surface area contributed by atoms with Crippen molar-refractivity contribution in [2.45, 2.75) is 17.9 Å². The number of hydrogen-bond acceptors (Lipinski definition) is 5. The number of nitrogens with one attached hydrogen (secondary N) is 1. The van der Waals surface area contributed by atoms with Crippen molar-refractivity contribution in [1.82, 2.24) is 9.62 Å². The van der Waals surface area contributed by atoms with Crippen LogP contribution in [0.1, 0.15) is 18.5 Å². The van der Waals surface area contributed by atoms with Gasteiger partial charge in [-0.15, -0.1) is 0 Å². The second-order valence-electron chi connectivity index (χ2n) is 6.41. The van der Waals surface area contributed by atoms with Crippen molar-refractivity contribution in [3.63, 3.8) is 0 Å². The van der Waals surface area contributed by atoms with Crippen molar-refractivity contribution in [3.8, 4) is 11.5 Å². The molecular formula is C19H21ClN2O5S. The van der Waals surface area contributed by atoms with Crippen molar-refractivity contribution in [3.05, 3.63) is 53.1 Å². The highest BCUT2D eigenvalue weighted by Crippen LogP contribution is 2.32. The van der Waals surface area contributed by atoms with E-state index in [0.717, 1.165) is 9.87 Å². The minimum Gasteiger partial charge on any atom is -0.486 e. The zero-order valence-electron chi connectivity index (χ0n) is 15.5. The SMILES string of the molecule is CC(NC(=O)CN(C)S(=O)(=O)c1ccc(Cl)cc1)c1ccc2c(c1)OCCO2. The van der Waals surface area contributed by atoms with Crippen LogP contribution in [0.2, 0.25) is 5.02 Å². The Labute approximate surface area is 169 Å². The molecule has 1 aliphatic heterocycles. The number of amides is 1. The van der Waals surface area contributed by atoms with Crippen molar-refractivity contribution in [2.24, 2.45) is 0 Å². The molecule has 3 rings (SSSR count). The molecule has 0 fully saturated rings. The molecule has 2 aromatic carbocycles. The fourth-order valence-corrected chi connectivity index (χ4v) is 4.03. The lowest BCUT2D eigenvalue weighted by Gasteiger charge is -2.22. The number of carbonyl (C=O) groups is 1. The molecule has 9 heteroatoms. The van der Waals surface area contributed by atoms with Gasteiger partial charge in [0.05, 0.1) is 17.5 Å². The van der Waals surface area contributed by atoms with Gasteiger partial charge >= 0.3 is 0 Å². The predicted molar refractivity (Wildman–Crippen MR) is 105 cm³/mol. The van der Waals surface area contributed by atoms with Gasteiger partial charge in [-0.25, -0.2) is 8.42 Å². The van der Waals surface area contributed by atoms with Crippen LogP contribution >= 0.6 is 11.6 Å². The monoisotopic (exact) mass is 424 g/mol. The van der Waals surface area contributed by atoms with Gasteiger partial charge in [-0.1, -0.05) is 17.7 Å². The number of hydrogen-bond donors (Lipinski definition) is 1. The Bertz CT molecular complexity index is 963. The molecule has 0 spiro atoms. The van der Waals surface area contributed by atoms with Crippen molar-refractivity contribution >= 4 is 27.5 Å². The molecular weight excluding hydrogens is 404 g/mol. The van der Waals surface area contributed by atoms with E-state index >= 15 is 0 Å². The molecule has 1 aliphatic rings. The molecule has 1 unspecified atom stereocenters. The zero-order valence-corrected chi connectivity index (χ0v) is 17.1. The maximum atomic E-state index is 12.6. The number of benzene rings is 2. The molecule has 0 aromatic heterocycles. The maximum absolute atomic E-state index is 12.6. The standard InChI is InChI=1S/C19H21ClN2O5S/c1-13(14-3-8-17-18(11-14)27-10-9-26-17)21-19(23)12-22(2)28(24,25)16-6-4-15(20)5-7-16/h3-8,11,13H,9-10,12H2,1-2H3,(H,21,23). The fraction of sp³-hybridized carbons (Fsp3) is 0.316. The lowest BCUT2D eigenvalue weighted by atomic mass is 10.1. The molecule has 1 N–H and O–H groups in total. The quantitative estimate of drug-likeness (QED) is 0.770. The summed E-state index contributed by atoms with van der Waals surface area (Å²) in [6.45, 7) is 2.49. The van der Waals surface area contributed by atoms with Crippen LogP contribution < -0.4 is 14.8 Å². The van der Waals surface area contributed by atoms with Crippen LogP contribution in [0.15, 0.2) is 47.4 Å². The first-order valence-corrected chi connectivity index (χ1v) is 10.5.